The van der Waals surface area contributed by atoms with Gasteiger partial charge in [-0.15, -0.1) is 11.3 Å². The molecule has 0 aliphatic carbocycles. The maximum atomic E-state index is 9.47. The fraction of sp³-hybridized carbons (Fsp3) is 0.364. The number of aromatic nitrogens is 1. The zero-order chi connectivity index (χ0) is 10.1. The van der Waals surface area contributed by atoms with Crippen LogP contribution < -0.4 is 0 Å². The number of hydrogen-bond acceptors (Lipinski definition) is 3. The molecule has 0 fully saturated rings. The molecule has 2 unspecified atom stereocenters. The average Bonchev–Trinajstić information content (AvgIpc) is 2.59. The molecule has 0 aliphatic heterocycles. The molecule has 0 spiro atoms. The molecule has 2 aromatic rings. The highest BCUT2D eigenvalue weighted by atomic mass is 32.1. The Morgan fingerprint density at radius 3 is 2.64 bits per heavy atom. The lowest BCUT2D eigenvalue weighted by Crippen LogP contribution is -2.10. The summed E-state index contributed by atoms with van der Waals surface area (Å²) in [5.74, 6) is 0.118. The fourth-order valence-electron chi connectivity index (χ4n) is 1.29. The number of aliphatic hydroxyl groups is 1. The minimum atomic E-state index is -0.337. The largest absolute Gasteiger partial charge is 0.393 e. The molecule has 1 N–H and O–H groups in total. The first kappa shape index (κ1) is 9.62. The molecule has 0 saturated heterocycles. The van der Waals surface area contributed by atoms with E-state index in [-0.39, 0.29) is 12.0 Å². The summed E-state index contributed by atoms with van der Waals surface area (Å²) in [5, 5.41) is 10.5. The Balaban J connectivity index is 2.45. The Bertz CT molecular complexity index is 403. The van der Waals surface area contributed by atoms with Gasteiger partial charge in [0.05, 0.1) is 21.3 Å². The molecule has 1 heterocycles. The summed E-state index contributed by atoms with van der Waals surface area (Å²) in [6, 6.07) is 8.06. The van der Waals surface area contributed by atoms with Gasteiger partial charge < -0.3 is 5.11 Å². The first-order valence-electron chi connectivity index (χ1n) is 4.72. The van der Waals surface area contributed by atoms with E-state index in [9.17, 15) is 5.11 Å². The number of para-hydroxylation sites is 1. The van der Waals surface area contributed by atoms with Crippen LogP contribution in [0.25, 0.3) is 10.2 Å². The van der Waals surface area contributed by atoms with Gasteiger partial charge in [0.25, 0.3) is 0 Å². The molecule has 0 bridgehead atoms. The van der Waals surface area contributed by atoms with Gasteiger partial charge in [0.15, 0.2) is 0 Å². The van der Waals surface area contributed by atoms with E-state index in [0.29, 0.717) is 0 Å². The second-order valence-corrected chi connectivity index (χ2v) is 4.61. The van der Waals surface area contributed by atoms with Crippen LogP contribution in [0.4, 0.5) is 0 Å². The number of fused-ring (bicyclic) bond motifs is 1. The van der Waals surface area contributed by atoms with Crippen molar-refractivity contribution in [3.63, 3.8) is 0 Å². The number of nitrogens with zero attached hydrogens (tertiary/aromatic N) is 1. The molecule has 1 aromatic carbocycles. The highest BCUT2D eigenvalue weighted by Gasteiger charge is 2.15. The van der Waals surface area contributed by atoms with Gasteiger partial charge in [0.1, 0.15) is 0 Å². The van der Waals surface area contributed by atoms with Gasteiger partial charge >= 0.3 is 0 Å². The molecule has 0 radical (unpaired) electrons. The van der Waals surface area contributed by atoms with E-state index >= 15 is 0 Å². The first-order valence-corrected chi connectivity index (χ1v) is 5.53. The molecule has 2 rings (SSSR count). The molecular formula is C11H13NOS. The van der Waals surface area contributed by atoms with Crippen LogP contribution in [-0.4, -0.2) is 16.2 Å². The summed E-state index contributed by atoms with van der Waals surface area (Å²) in [4.78, 5) is 4.49. The molecule has 1 aromatic heterocycles. The third-order valence-corrected chi connectivity index (χ3v) is 3.66. The molecule has 14 heavy (non-hydrogen) atoms. The van der Waals surface area contributed by atoms with Crippen LogP contribution >= 0.6 is 11.3 Å². The van der Waals surface area contributed by atoms with Crippen molar-refractivity contribution in [1.82, 2.24) is 4.98 Å². The van der Waals surface area contributed by atoms with Crippen LogP contribution in [0, 0.1) is 0 Å². The molecule has 0 aliphatic rings. The Kier molecular flexibility index (Phi) is 2.52. The first-order chi connectivity index (χ1) is 6.68. The zero-order valence-corrected chi connectivity index (χ0v) is 9.08. The van der Waals surface area contributed by atoms with Crippen LogP contribution in [0.5, 0.6) is 0 Å². The Hall–Kier alpha value is -0.930. The standard InChI is InChI=1S/C11H13NOS/c1-7(8(2)13)11-12-9-5-3-4-6-10(9)14-11/h3-8,13H,1-2H3. The highest BCUT2D eigenvalue weighted by Crippen LogP contribution is 2.28. The number of aliphatic hydroxyl groups excluding tert-OH is 1. The van der Waals surface area contributed by atoms with Gasteiger partial charge in [0.2, 0.25) is 0 Å². The Morgan fingerprint density at radius 1 is 1.29 bits per heavy atom. The number of benzene rings is 1. The molecule has 2 atom stereocenters. The third-order valence-electron chi connectivity index (χ3n) is 2.42. The second-order valence-electron chi connectivity index (χ2n) is 3.55. The molecular weight excluding hydrogens is 194 g/mol. The van der Waals surface area contributed by atoms with Crippen molar-refractivity contribution in [2.45, 2.75) is 25.9 Å². The van der Waals surface area contributed by atoms with Gasteiger partial charge in [-0.25, -0.2) is 4.98 Å². The van der Waals surface area contributed by atoms with Gasteiger partial charge in [0, 0.05) is 5.92 Å². The normalized spacial score (nSPS) is 15.6. The smallest absolute Gasteiger partial charge is 0.0992 e. The average molecular weight is 207 g/mol. The molecule has 3 heteroatoms. The van der Waals surface area contributed by atoms with Gasteiger partial charge in [-0.3, -0.25) is 0 Å². The molecule has 0 amide bonds. The van der Waals surface area contributed by atoms with Crippen molar-refractivity contribution >= 4 is 21.6 Å². The predicted molar refractivity (Wildman–Crippen MR) is 59.7 cm³/mol. The Morgan fingerprint density at radius 2 is 2.00 bits per heavy atom. The van der Waals surface area contributed by atoms with Gasteiger partial charge in [-0.1, -0.05) is 19.1 Å². The van der Waals surface area contributed by atoms with E-state index in [1.165, 1.54) is 4.70 Å². The minimum absolute atomic E-state index is 0.118. The highest BCUT2D eigenvalue weighted by molar-refractivity contribution is 7.18. The van der Waals surface area contributed by atoms with E-state index < -0.39 is 0 Å². The molecule has 2 nitrogen and oxygen atoms in total. The lowest BCUT2D eigenvalue weighted by molar-refractivity contribution is 0.169. The molecule has 74 valence electrons. The van der Waals surface area contributed by atoms with Crippen molar-refractivity contribution < 1.29 is 5.11 Å². The SMILES string of the molecule is CC(O)C(C)c1nc2ccccc2s1. The summed E-state index contributed by atoms with van der Waals surface area (Å²) >= 11 is 1.66. The summed E-state index contributed by atoms with van der Waals surface area (Å²) in [7, 11) is 0. The summed E-state index contributed by atoms with van der Waals surface area (Å²) in [6.45, 7) is 3.80. The van der Waals surface area contributed by atoms with E-state index in [4.69, 9.17) is 0 Å². The number of hydrogen-bond donors (Lipinski definition) is 1. The third kappa shape index (κ3) is 1.65. The second kappa shape index (κ2) is 3.67. The van der Waals surface area contributed by atoms with Crippen LogP contribution in [0.2, 0.25) is 0 Å². The number of rotatable bonds is 2. The van der Waals surface area contributed by atoms with Crippen LogP contribution in [-0.2, 0) is 0 Å². The predicted octanol–water partition coefficient (Wildman–Crippen LogP) is 2.78. The van der Waals surface area contributed by atoms with Crippen molar-refractivity contribution in [3.8, 4) is 0 Å². The van der Waals surface area contributed by atoms with Gasteiger partial charge in [-0.2, -0.15) is 0 Å². The van der Waals surface area contributed by atoms with E-state index in [2.05, 4.69) is 11.1 Å². The van der Waals surface area contributed by atoms with Crippen LogP contribution in [0.15, 0.2) is 24.3 Å². The minimum Gasteiger partial charge on any atom is -0.393 e. The zero-order valence-electron chi connectivity index (χ0n) is 8.27. The lowest BCUT2D eigenvalue weighted by Gasteiger charge is -2.10. The van der Waals surface area contributed by atoms with E-state index in [0.717, 1.165) is 10.5 Å². The molecule has 0 saturated carbocycles. The van der Waals surface area contributed by atoms with Crippen molar-refractivity contribution in [2.75, 3.05) is 0 Å². The van der Waals surface area contributed by atoms with E-state index in [1.807, 2.05) is 25.1 Å². The quantitative estimate of drug-likeness (QED) is 0.821. The van der Waals surface area contributed by atoms with Crippen molar-refractivity contribution in [3.05, 3.63) is 29.3 Å². The summed E-state index contributed by atoms with van der Waals surface area (Å²) < 4.78 is 1.19. The summed E-state index contributed by atoms with van der Waals surface area (Å²) in [6.07, 6.45) is -0.337. The van der Waals surface area contributed by atoms with E-state index in [1.54, 1.807) is 18.3 Å². The number of thiazole rings is 1. The monoisotopic (exact) mass is 207 g/mol. The van der Waals surface area contributed by atoms with Crippen LogP contribution in [0.3, 0.4) is 0 Å². The maximum Gasteiger partial charge on any atom is 0.0992 e. The van der Waals surface area contributed by atoms with Crippen molar-refractivity contribution in [1.29, 1.82) is 0 Å². The van der Waals surface area contributed by atoms with Crippen molar-refractivity contribution in [2.24, 2.45) is 0 Å². The topological polar surface area (TPSA) is 33.1 Å². The maximum absolute atomic E-state index is 9.47. The Labute approximate surface area is 87.2 Å². The van der Waals surface area contributed by atoms with Gasteiger partial charge in [-0.05, 0) is 19.1 Å². The fourth-order valence-corrected chi connectivity index (χ4v) is 2.41. The lowest BCUT2D eigenvalue weighted by atomic mass is 10.1. The summed E-state index contributed by atoms with van der Waals surface area (Å²) in [5.41, 5.74) is 1.03. The van der Waals surface area contributed by atoms with Crippen LogP contribution in [0.1, 0.15) is 24.8 Å².